The summed E-state index contributed by atoms with van der Waals surface area (Å²) < 4.78 is 7.00. The van der Waals surface area contributed by atoms with E-state index in [0.717, 1.165) is 65.5 Å². The summed E-state index contributed by atoms with van der Waals surface area (Å²) in [7, 11) is 1.84. The van der Waals surface area contributed by atoms with Crippen molar-refractivity contribution in [2.24, 2.45) is 0 Å². The number of hydrogen-bond donors (Lipinski definition) is 3. The lowest BCUT2D eigenvalue weighted by Gasteiger charge is -2.28. The third-order valence-corrected chi connectivity index (χ3v) is 8.51. The summed E-state index contributed by atoms with van der Waals surface area (Å²) in [6, 6.07) is 17.3. The quantitative estimate of drug-likeness (QED) is 0.151. The number of carboxylic acids is 1. The number of carboxylic acid groups (broad SMARTS) is 1. The van der Waals surface area contributed by atoms with Crippen LogP contribution in [0.5, 0.6) is 0 Å². The zero-order valence-corrected chi connectivity index (χ0v) is 26.4. The predicted molar refractivity (Wildman–Crippen MR) is 177 cm³/mol. The van der Waals surface area contributed by atoms with Crippen molar-refractivity contribution in [1.82, 2.24) is 9.97 Å². The lowest BCUT2D eigenvalue weighted by atomic mass is 9.91. The maximum atomic E-state index is 12.6. The van der Waals surface area contributed by atoms with Crippen molar-refractivity contribution in [2.45, 2.75) is 46.3 Å². The molecular weight excluding hydrogens is 580 g/mol. The Morgan fingerprint density at radius 2 is 1.79 bits per heavy atom. The molecule has 7 nitrogen and oxygen atoms in total. The van der Waals surface area contributed by atoms with Gasteiger partial charge in [0.25, 0.3) is 0 Å². The number of benzene rings is 3. The fraction of sp³-hybridized carbons (Fsp3) is 0.235. The molecule has 2 aromatic heterocycles. The number of ether oxygens (including phenoxy) is 1. The third kappa shape index (κ3) is 6.18. The minimum atomic E-state index is -1.18. The standard InChI is InChI=1S/C34H33ClN4O3S/c1-18-13-25(37-6)22(17-36)15-24(18)26-16-21(11-12-38-26)32-39-27-14-19(2)28(30(33(40)41)42-34(3,4)5)29(31(27)43-32)20-7-9-23(35)10-8-20/h7-17,30,36-37H,1-6H3,(H,40,41). The van der Waals surface area contributed by atoms with Gasteiger partial charge in [-0.15, -0.1) is 11.3 Å². The molecule has 0 saturated heterocycles. The number of thiazole rings is 1. The molecule has 0 fully saturated rings. The van der Waals surface area contributed by atoms with Crippen LogP contribution >= 0.6 is 22.9 Å². The minimum Gasteiger partial charge on any atom is -0.479 e. The van der Waals surface area contributed by atoms with Crippen molar-refractivity contribution in [3.8, 4) is 33.0 Å². The molecule has 220 valence electrons. The van der Waals surface area contributed by atoms with Gasteiger partial charge in [-0.3, -0.25) is 4.98 Å². The van der Waals surface area contributed by atoms with Gasteiger partial charge in [0.05, 0.1) is 21.5 Å². The van der Waals surface area contributed by atoms with Crippen LogP contribution in [-0.2, 0) is 9.53 Å². The number of rotatable bonds is 8. The van der Waals surface area contributed by atoms with Crippen LogP contribution in [-0.4, -0.2) is 39.9 Å². The molecule has 0 bridgehead atoms. The van der Waals surface area contributed by atoms with E-state index < -0.39 is 17.7 Å². The molecule has 0 aliphatic rings. The Bertz CT molecular complexity index is 1860. The molecule has 0 saturated carbocycles. The van der Waals surface area contributed by atoms with Crippen LogP contribution in [0.2, 0.25) is 5.02 Å². The average molecular weight is 613 g/mol. The van der Waals surface area contributed by atoms with Gasteiger partial charge < -0.3 is 20.6 Å². The summed E-state index contributed by atoms with van der Waals surface area (Å²) >= 11 is 7.74. The van der Waals surface area contributed by atoms with Crippen molar-refractivity contribution in [3.63, 3.8) is 0 Å². The Morgan fingerprint density at radius 1 is 1.07 bits per heavy atom. The van der Waals surface area contributed by atoms with Gasteiger partial charge in [-0.2, -0.15) is 0 Å². The number of aromatic nitrogens is 2. The molecule has 2 heterocycles. The van der Waals surface area contributed by atoms with E-state index in [0.29, 0.717) is 10.6 Å². The number of aryl methyl sites for hydroxylation is 2. The molecule has 0 radical (unpaired) electrons. The van der Waals surface area contributed by atoms with Gasteiger partial charge >= 0.3 is 5.97 Å². The van der Waals surface area contributed by atoms with Gasteiger partial charge in [-0.25, -0.2) is 9.78 Å². The first-order valence-electron chi connectivity index (χ1n) is 13.8. The molecule has 5 rings (SSSR count). The van der Waals surface area contributed by atoms with Gasteiger partial charge in [-0.1, -0.05) is 23.7 Å². The predicted octanol–water partition coefficient (Wildman–Crippen LogP) is 8.94. The van der Waals surface area contributed by atoms with Gasteiger partial charge in [0, 0.05) is 58.0 Å². The second kappa shape index (κ2) is 11.9. The lowest BCUT2D eigenvalue weighted by molar-refractivity contribution is -0.160. The van der Waals surface area contributed by atoms with E-state index in [4.69, 9.17) is 26.7 Å². The van der Waals surface area contributed by atoms with Crippen LogP contribution in [0, 0.1) is 19.3 Å². The van der Waals surface area contributed by atoms with Crippen molar-refractivity contribution >= 4 is 51.0 Å². The Labute approximate surface area is 260 Å². The molecule has 0 aliphatic heterocycles. The molecule has 3 aromatic carbocycles. The maximum Gasteiger partial charge on any atom is 0.337 e. The van der Waals surface area contributed by atoms with Gasteiger partial charge in [0.15, 0.2) is 6.10 Å². The highest BCUT2D eigenvalue weighted by atomic mass is 35.5. The average Bonchev–Trinajstić information content (AvgIpc) is 3.39. The smallest absolute Gasteiger partial charge is 0.337 e. The zero-order valence-electron chi connectivity index (χ0n) is 24.9. The number of nitrogens with one attached hydrogen (secondary N) is 2. The van der Waals surface area contributed by atoms with E-state index in [9.17, 15) is 9.90 Å². The normalized spacial score (nSPS) is 12.3. The summed E-state index contributed by atoms with van der Waals surface area (Å²) in [4.78, 5) is 22.3. The number of pyridine rings is 1. The van der Waals surface area contributed by atoms with Crippen LogP contribution in [0.25, 0.3) is 43.2 Å². The van der Waals surface area contributed by atoms with Crippen LogP contribution in [0.1, 0.15) is 49.1 Å². The summed E-state index contributed by atoms with van der Waals surface area (Å²) in [5.74, 6) is -1.06. The first-order chi connectivity index (χ1) is 20.4. The topological polar surface area (TPSA) is 108 Å². The van der Waals surface area contributed by atoms with Gasteiger partial charge in [0.1, 0.15) is 5.01 Å². The van der Waals surface area contributed by atoms with Crippen molar-refractivity contribution in [3.05, 3.63) is 88.1 Å². The number of aliphatic carboxylic acids is 1. The largest absolute Gasteiger partial charge is 0.479 e. The third-order valence-electron chi connectivity index (χ3n) is 7.12. The summed E-state index contributed by atoms with van der Waals surface area (Å²) in [5.41, 5.74) is 8.36. The van der Waals surface area contributed by atoms with E-state index in [1.807, 2.05) is 84.1 Å². The fourth-order valence-corrected chi connectivity index (χ4v) is 6.46. The number of hydrogen-bond acceptors (Lipinski definition) is 7. The van der Waals surface area contributed by atoms with Crippen molar-refractivity contribution in [2.75, 3.05) is 12.4 Å². The monoisotopic (exact) mass is 612 g/mol. The van der Waals surface area contributed by atoms with Gasteiger partial charge in [0.2, 0.25) is 0 Å². The second-order valence-corrected chi connectivity index (χ2v) is 12.8. The van der Waals surface area contributed by atoms with E-state index in [1.54, 1.807) is 18.3 Å². The van der Waals surface area contributed by atoms with E-state index in [-0.39, 0.29) is 0 Å². The highest BCUT2D eigenvalue weighted by Gasteiger charge is 2.32. The molecule has 0 amide bonds. The number of carbonyl (C=O) groups is 1. The number of fused-ring (bicyclic) bond motifs is 1. The van der Waals surface area contributed by atoms with Crippen LogP contribution in [0.15, 0.2) is 60.8 Å². The summed E-state index contributed by atoms with van der Waals surface area (Å²) in [6.45, 7) is 9.48. The maximum absolute atomic E-state index is 12.6. The first-order valence-corrected chi connectivity index (χ1v) is 15.0. The molecular formula is C34H33ClN4O3S. The molecule has 1 atom stereocenters. The molecule has 43 heavy (non-hydrogen) atoms. The van der Waals surface area contributed by atoms with Crippen LogP contribution < -0.4 is 5.32 Å². The van der Waals surface area contributed by atoms with Crippen LogP contribution in [0.3, 0.4) is 0 Å². The number of halogens is 1. The van der Waals surface area contributed by atoms with E-state index >= 15 is 0 Å². The highest BCUT2D eigenvalue weighted by molar-refractivity contribution is 7.22. The Balaban J connectivity index is 1.72. The van der Waals surface area contributed by atoms with Crippen molar-refractivity contribution < 1.29 is 14.6 Å². The lowest BCUT2D eigenvalue weighted by Crippen LogP contribution is -2.28. The first kappa shape index (κ1) is 30.4. The summed E-state index contributed by atoms with van der Waals surface area (Å²) in [5, 5.41) is 22.7. The molecule has 1 unspecified atom stereocenters. The highest BCUT2D eigenvalue weighted by Crippen LogP contribution is 2.44. The molecule has 9 heteroatoms. The molecule has 3 N–H and O–H groups in total. The Hall–Kier alpha value is -4.11. The molecule has 5 aromatic rings. The zero-order chi connectivity index (χ0) is 31.1. The van der Waals surface area contributed by atoms with E-state index in [1.165, 1.54) is 17.6 Å². The van der Waals surface area contributed by atoms with Crippen LogP contribution in [0.4, 0.5) is 5.69 Å². The summed E-state index contributed by atoms with van der Waals surface area (Å²) in [6.07, 6.45) is 1.92. The Kier molecular flexibility index (Phi) is 8.38. The SMILES string of the molecule is CNc1cc(C)c(-c2cc(-c3nc4cc(C)c(C(OC(C)(C)C)C(=O)O)c(-c5ccc(Cl)cc5)c4s3)ccn2)cc1C=N. The van der Waals surface area contributed by atoms with Crippen molar-refractivity contribution in [1.29, 1.82) is 5.41 Å². The Morgan fingerprint density at radius 3 is 2.42 bits per heavy atom. The number of anilines is 1. The molecule has 0 aliphatic carbocycles. The molecule has 0 spiro atoms. The minimum absolute atomic E-state index is 0.591. The van der Waals surface area contributed by atoms with Gasteiger partial charge in [-0.05, 0) is 93.8 Å². The second-order valence-electron chi connectivity index (χ2n) is 11.4. The fourth-order valence-electron chi connectivity index (χ4n) is 5.21. The van der Waals surface area contributed by atoms with E-state index in [2.05, 4.69) is 10.3 Å². The number of nitrogens with zero attached hydrogens (tertiary/aromatic N) is 2.